The zero-order valence-electron chi connectivity index (χ0n) is 9.04. The molecule has 0 atom stereocenters. The maximum Gasteiger partial charge on any atom is 0.178 e. The molecule has 0 fully saturated rings. The smallest absolute Gasteiger partial charge is 0.178 e. The molecule has 2 heterocycles. The summed E-state index contributed by atoms with van der Waals surface area (Å²) < 4.78 is 1.04. The molecule has 1 nitrogen and oxygen atoms in total. The third-order valence-electron chi connectivity index (χ3n) is 2.45. The maximum absolute atomic E-state index is 12.0. The largest absolute Gasteiger partial charge is 0.293 e. The molecule has 0 unspecified atom stereocenters. The van der Waals surface area contributed by atoms with Crippen molar-refractivity contribution in [1.82, 2.24) is 0 Å². The van der Waals surface area contributed by atoms with Crippen LogP contribution in [0.2, 0.25) is 0 Å². The molecule has 2 rings (SSSR count). The minimum atomic E-state index is 0.212. The molecule has 2 aromatic rings. The minimum Gasteiger partial charge on any atom is -0.293 e. The zero-order chi connectivity index (χ0) is 11.7. The van der Waals surface area contributed by atoms with Crippen molar-refractivity contribution in [2.75, 3.05) is 0 Å². The molecule has 0 aliphatic rings. The van der Waals surface area contributed by atoms with Crippen molar-refractivity contribution in [1.29, 1.82) is 0 Å². The SMILES string of the molecule is Cc1cc(C(=O)Cc2sccc2Br)sc1C. The molecular formula is C12H11BrOS2. The summed E-state index contributed by atoms with van der Waals surface area (Å²) in [4.78, 5) is 15.2. The van der Waals surface area contributed by atoms with E-state index in [0.29, 0.717) is 6.42 Å². The van der Waals surface area contributed by atoms with Crippen LogP contribution in [0.25, 0.3) is 0 Å². The molecule has 0 bridgehead atoms. The Balaban J connectivity index is 2.18. The van der Waals surface area contributed by atoms with E-state index in [2.05, 4.69) is 22.9 Å². The number of carbonyl (C=O) groups is 1. The van der Waals surface area contributed by atoms with Crippen LogP contribution in [0.5, 0.6) is 0 Å². The molecule has 0 saturated carbocycles. The number of thiophene rings is 2. The number of ketones is 1. The number of rotatable bonds is 3. The Morgan fingerprint density at radius 3 is 2.69 bits per heavy atom. The summed E-state index contributed by atoms with van der Waals surface area (Å²) in [5, 5.41) is 2.00. The highest BCUT2D eigenvalue weighted by molar-refractivity contribution is 9.10. The Morgan fingerprint density at radius 2 is 2.19 bits per heavy atom. The van der Waals surface area contributed by atoms with E-state index in [9.17, 15) is 4.79 Å². The first kappa shape index (κ1) is 12.0. The van der Waals surface area contributed by atoms with Crippen LogP contribution in [0.3, 0.4) is 0 Å². The predicted octanol–water partition coefficient (Wildman–Crippen LogP) is 4.61. The van der Waals surface area contributed by atoms with E-state index in [1.807, 2.05) is 24.4 Å². The fraction of sp³-hybridized carbons (Fsp3) is 0.250. The number of carbonyl (C=O) groups excluding carboxylic acids is 1. The Labute approximate surface area is 111 Å². The van der Waals surface area contributed by atoms with Gasteiger partial charge in [-0.1, -0.05) is 0 Å². The van der Waals surface area contributed by atoms with Gasteiger partial charge in [0.05, 0.1) is 4.88 Å². The summed E-state index contributed by atoms with van der Waals surface area (Å²) in [5.41, 5.74) is 1.21. The standard InChI is InChI=1S/C12H11BrOS2/c1-7-5-12(16-8(7)2)10(14)6-11-9(13)3-4-15-11/h3-5H,6H2,1-2H3. The van der Waals surface area contributed by atoms with Crippen LogP contribution < -0.4 is 0 Å². The Morgan fingerprint density at radius 1 is 1.44 bits per heavy atom. The molecule has 0 aromatic carbocycles. The Bertz CT molecular complexity index is 505. The second-order valence-corrected chi connectivity index (χ2v) is 6.75. The lowest BCUT2D eigenvalue weighted by atomic mass is 10.2. The van der Waals surface area contributed by atoms with Crippen molar-refractivity contribution in [2.45, 2.75) is 20.3 Å². The molecule has 0 spiro atoms. The molecule has 0 aliphatic heterocycles. The highest BCUT2D eigenvalue weighted by atomic mass is 79.9. The first-order valence-corrected chi connectivity index (χ1v) is 7.39. The van der Waals surface area contributed by atoms with Gasteiger partial charge in [-0.15, -0.1) is 22.7 Å². The van der Waals surface area contributed by atoms with Crippen LogP contribution in [-0.4, -0.2) is 5.78 Å². The van der Waals surface area contributed by atoms with E-state index in [4.69, 9.17) is 0 Å². The highest BCUT2D eigenvalue weighted by Crippen LogP contribution is 2.27. The Hall–Kier alpha value is -0.450. The average Bonchev–Trinajstić information content (AvgIpc) is 2.76. The van der Waals surface area contributed by atoms with Gasteiger partial charge in [0.2, 0.25) is 0 Å². The van der Waals surface area contributed by atoms with Crippen molar-refractivity contribution in [3.8, 4) is 0 Å². The van der Waals surface area contributed by atoms with Gasteiger partial charge in [-0.3, -0.25) is 4.79 Å². The molecule has 2 aromatic heterocycles. The Kier molecular flexibility index (Phi) is 3.62. The molecular weight excluding hydrogens is 304 g/mol. The summed E-state index contributed by atoms with van der Waals surface area (Å²) in [7, 11) is 0. The lowest BCUT2D eigenvalue weighted by Gasteiger charge is -1.96. The van der Waals surface area contributed by atoms with Gasteiger partial charge in [0.15, 0.2) is 5.78 Å². The van der Waals surface area contributed by atoms with E-state index in [-0.39, 0.29) is 5.78 Å². The van der Waals surface area contributed by atoms with Crippen molar-refractivity contribution < 1.29 is 4.79 Å². The van der Waals surface area contributed by atoms with Gasteiger partial charge in [-0.25, -0.2) is 0 Å². The van der Waals surface area contributed by atoms with Gasteiger partial charge in [0.1, 0.15) is 0 Å². The van der Waals surface area contributed by atoms with Crippen LogP contribution in [0.15, 0.2) is 22.0 Å². The summed E-state index contributed by atoms with van der Waals surface area (Å²) in [5.74, 6) is 0.212. The number of hydrogen-bond donors (Lipinski definition) is 0. The molecule has 0 amide bonds. The van der Waals surface area contributed by atoms with Gasteiger partial charge < -0.3 is 0 Å². The van der Waals surface area contributed by atoms with Crippen molar-refractivity contribution in [3.05, 3.63) is 42.2 Å². The number of hydrogen-bond acceptors (Lipinski definition) is 3. The van der Waals surface area contributed by atoms with Crippen molar-refractivity contribution in [2.24, 2.45) is 0 Å². The van der Waals surface area contributed by atoms with Crippen LogP contribution in [0.1, 0.15) is 25.0 Å². The third-order valence-corrected chi connectivity index (χ3v) is 5.57. The highest BCUT2D eigenvalue weighted by Gasteiger charge is 2.13. The first-order chi connectivity index (χ1) is 7.58. The second-order valence-electron chi connectivity index (χ2n) is 3.64. The fourth-order valence-electron chi connectivity index (χ4n) is 1.39. The normalized spacial score (nSPS) is 10.7. The van der Waals surface area contributed by atoms with E-state index in [1.54, 1.807) is 22.7 Å². The van der Waals surface area contributed by atoms with E-state index < -0.39 is 0 Å². The molecule has 0 radical (unpaired) electrons. The summed E-state index contributed by atoms with van der Waals surface area (Å²) in [6.07, 6.45) is 0.498. The maximum atomic E-state index is 12.0. The predicted molar refractivity (Wildman–Crippen MR) is 73.8 cm³/mol. The third kappa shape index (κ3) is 2.44. The molecule has 84 valence electrons. The summed E-state index contributed by atoms with van der Waals surface area (Å²) >= 11 is 6.66. The summed E-state index contributed by atoms with van der Waals surface area (Å²) in [6.45, 7) is 4.10. The van der Waals surface area contributed by atoms with Crippen molar-refractivity contribution in [3.63, 3.8) is 0 Å². The zero-order valence-corrected chi connectivity index (χ0v) is 12.3. The van der Waals surface area contributed by atoms with E-state index in [1.165, 1.54) is 10.4 Å². The molecule has 16 heavy (non-hydrogen) atoms. The topological polar surface area (TPSA) is 17.1 Å². The van der Waals surface area contributed by atoms with E-state index >= 15 is 0 Å². The van der Waals surface area contributed by atoms with Crippen LogP contribution in [0, 0.1) is 13.8 Å². The van der Waals surface area contributed by atoms with Crippen molar-refractivity contribution >= 4 is 44.4 Å². The first-order valence-electron chi connectivity index (χ1n) is 4.90. The lowest BCUT2D eigenvalue weighted by Crippen LogP contribution is -1.99. The monoisotopic (exact) mass is 314 g/mol. The van der Waals surface area contributed by atoms with Gasteiger partial charge in [0.25, 0.3) is 0 Å². The lowest BCUT2D eigenvalue weighted by molar-refractivity contribution is 0.0997. The van der Waals surface area contributed by atoms with E-state index in [0.717, 1.165) is 14.2 Å². The van der Waals surface area contributed by atoms with Crippen LogP contribution in [-0.2, 0) is 6.42 Å². The van der Waals surface area contributed by atoms with Gasteiger partial charge in [-0.05, 0) is 52.9 Å². The molecule has 4 heteroatoms. The quantitative estimate of drug-likeness (QED) is 0.756. The number of aryl methyl sites for hydroxylation is 2. The van der Waals surface area contributed by atoms with Gasteiger partial charge >= 0.3 is 0 Å². The second kappa shape index (κ2) is 4.82. The minimum absolute atomic E-state index is 0.212. The fourth-order valence-corrected chi connectivity index (χ4v) is 3.86. The summed E-state index contributed by atoms with van der Waals surface area (Å²) in [6, 6.07) is 3.97. The number of halogens is 1. The van der Waals surface area contributed by atoms with Crippen LogP contribution >= 0.6 is 38.6 Å². The molecule has 0 N–H and O–H groups in total. The average molecular weight is 315 g/mol. The number of Topliss-reactive ketones (excluding diaryl/α,β-unsaturated/α-hetero) is 1. The molecule has 0 saturated heterocycles. The molecule has 0 aliphatic carbocycles. The van der Waals surface area contributed by atoms with Gasteiger partial charge in [0, 0.05) is 20.6 Å². The van der Waals surface area contributed by atoms with Gasteiger partial charge in [-0.2, -0.15) is 0 Å². The van der Waals surface area contributed by atoms with Crippen LogP contribution in [0.4, 0.5) is 0 Å².